The predicted molar refractivity (Wildman–Crippen MR) is 140 cm³/mol. The Bertz CT molecular complexity index is 1560. The summed E-state index contributed by atoms with van der Waals surface area (Å²) in [6.45, 7) is 2.03. The lowest BCUT2D eigenvalue weighted by molar-refractivity contribution is 0.415. The van der Waals surface area contributed by atoms with Gasteiger partial charge in [-0.2, -0.15) is 5.26 Å². The van der Waals surface area contributed by atoms with Gasteiger partial charge in [-0.15, -0.1) is 10.2 Å². The van der Waals surface area contributed by atoms with Crippen LogP contribution in [0.15, 0.2) is 83.7 Å². The minimum absolute atomic E-state index is 0.0917. The largest absolute Gasteiger partial charge is 0.510 e. The molecule has 2 aromatic heterocycles. The molecule has 36 heavy (non-hydrogen) atoms. The Labute approximate surface area is 211 Å². The number of imidazole rings is 1. The molecule has 0 spiro atoms. The van der Waals surface area contributed by atoms with Crippen LogP contribution in [0.25, 0.3) is 33.7 Å². The van der Waals surface area contributed by atoms with Gasteiger partial charge in [0.05, 0.1) is 23.9 Å². The van der Waals surface area contributed by atoms with Gasteiger partial charge in [0.1, 0.15) is 23.2 Å². The van der Waals surface area contributed by atoms with Gasteiger partial charge in [-0.1, -0.05) is 41.6 Å². The summed E-state index contributed by atoms with van der Waals surface area (Å²) in [4.78, 5) is 7.54. The van der Waals surface area contributed by atoms with Crippen molar-refractivity contribution in [3.05, 3.63) is 89.9 Å². The van der Waals surface area contributed by atoms with Crippen molar-refractivity contribution in [1.29, 1.82) is 5.26 Å². The summed E-state index contributed by atoms with van der Waals surface area (Å²) < 4.78 is 7.22. The van der Waals surface area contributed by atoms with E-state index in [4.69, 9.17) is 4.74 Å². The maximum Gasteiger partial charge on any atom is 0.196 e. The molecule has 0 amide bonds. The van der Waals surface area contributed by atoms with Gasteiger partial charge in [-0.25, -0.2) is 4.98 Å². The number of benzene rings is 3. The molecule has 0 aliphatic carbocycles. The molecular formula is C27H22N6O2S. The molecular weight excluding hydrogens is 472 g/mol. The van der Waals surface area contributed by atoms with E-state index in [2.05, 4.69) is 26.2 Å². The zero-order valence-corrected chi connectivity index (χ0v) is 20.5. The number of hydrogen-bond acceptors (Lipinski definition) is 7. The Balaban J connectivity index is 1.50. The van der Waals surface area contributed by atoms with Crippen LogP contribution in [-0.4, -0.2) is 42.7 Å². The Morgan fingerprint density at radius 2 is 1.81 bits per heavy atom. The number of hydrogen-bond donors (Lipinski definition) is 2. The molecule has 2 heterocycles. The van der Waals surface area contributed by atoms with E-state index in [1.165, 1.54) is 11.8 Å². The molecule has 0 atom stereocenters. The highest BCUT2D eigenvalue weighted by Gasteiger charge is 2.19. The molecule has 0 radical (unpaired) electrons. The highest BCUT2D eigenvalue weighted by atomic mass is 32.2. The second kappa shape index (κ2) is 9.98. The fourth-order valence-electron chi connectivity index (χ4n) is 3.75. The van der Waals surface area contributed by atoms with E-state index in [1.807, 2.05) is 84.3 Å². The van der Waals surface area contributed by atoms with E-state index >= 15 is 0 Å². The summed E-state index contributed by atoms with van der Waals surface area (Å²) in [5.41, 5.74) is 4.51. The van der Waals surface area contributed by atoms with Crippen molar-refractivity contribution >= 4 is 28.4 Å². The van der Waals surface area contributed by atoms with Crippen molar-refractivity contribution in [2.24, 2.45) is 0 Å². The number of rotatable bonds is 7. The van der Waals surface area contributed by atoms with Crippen LogP contribution in [0.1, 0.15) is 11.4 Å². The molecule has 9 heteroatoms. The number of thioether (sulfide) groups is 1. The third kappa shape index (κ3) is 4.54. The van der Waals surface area contributed by atoms with Crippen LogP contribution in [0.5, 0.6) is 5.75 Å². The summed E-state index contributed by atoms with van der Waals surface area (Å²) >= 11 is 1.29. The first kappa shape index (κ1) is 23.2. The maximum atomic E-state index is 10.8. The smallest absolute Gasteiger partial charge is 0.196 e. The standard InChI is InChI=1S/C27H22N6O2S/c1-17-7-11-19(12-8-17)33-26(18-9-13-20(35-2)14-10-18)31-32-27(33)36-16-24(34)21(15-28)25-29-22-5-3-4-6-23(22)30-25/h3-14,34H,16H2,1-2H3,(H,29,30)/b24-21-. The van der Waals surface area contributed by atoms with Crippen LogP contribution in [0, 0.1) is 18.3 Å². The van der Waals surface area contributed by atoms with Gasteiger partial charge in [-0.05, 0) is 55.5 Å². The minimum atomic E-state index is -0.0917. The number of nitrogens with one attached hydrogen (secondary N) is 1. The van der Waals surface area contributed by atoms with Gasteiger partial charge in [0.25, 0.3) is 0 Å². The maximum absolute atomic E-state index is 10.8. The van der Waals surface area contributed by atoms with E-state index in [1.54, 1.807) is 7.11 Å². The third-order valence-electron chi connectivity index (χ3n) is 5.64. The summed E-state index contributed by atoms with van der Waals surface area (Å²) in [6, 6.07) is 25.2. The van der Waals surface area contributed by atoms with Crippen LogP contribution in [0.2, 0.25) is 0 Å². The SMILES string of the molecule is COc1ccc(-c2nnc(SC/C(O)=C(\C#N)c3nc4ccccc4[nH]3)n2-c2ccc(C)cc2)cc1. The number of nitriles is 1. The zero-order chi connectivity index (χ0) is 25.1. The molecule has 0 fully saturated rings. The fraction of sp³-hybridized carbons (Fsp3) is 0.111. The van der Waals surface area contributed by atoms with Crippen molar-refractivity contribution in [2.45, 2.75) is 12.1 Å². The van der Waals surface area contributed by atoms with Crippen molar-refractivity contribution in [3.8, 4) is 28.9 Å². The summed E-state index contributed by atoms with van der Waals surface area (Å²) in [7, 11) is 1.62. The molecule has 5 aromatic rings. The topological polar surface area (TPSA) is 113 Å². The van der Waals surface area contributed by atoms with E-state index in [-0.39, 0.29) is 17.1 Å². The number of ether oxygens (including phenoxy) is 1. The predicted octanol–water partition coefficient (Wildman–Crippen LogP) is 5.71. The van der Waals surface area contributed by atoms with E-state index in [9.17, 15) is 10.4 Å². The second-order valence-electron chi connectivity index (χ2n) is 8.03. The van der Waals surface area contributed by atoms with Gasteiger partial charge in [-0.3, -0.25) is 4.57 Å². The number of para-hydroxylation sites is 2. The molecule has 0 bridgehead atoms. The summed E-state index contributed by atoms with van der Waals surface area (Å²) in [5, 5.41) is 30.0. The van der Waals surface area contributed by atoms with Gasteiger partial charge in [0, 0.05) is 11.3 Å². The molecule has 178 valence electrons. The molecule has 0 saturated heterocycles. The van der Waals surface area contributed by atoms with Gasteiger partial charge < -0.3 is 14.8 Å². The number of methoxy groups -OCH3 is 1. The highest BCUT2D eigenvalue weighted by Crippen LogP contribution is 2.31. The van der Waals surface area contributed by atoms with Crippen LogP contribution in [-0.2, 0) is 0 Å². The highest BCUT2D eigenvalue weighted by molar-refractivity contribution is 7.99. The first-order chi connectivity index (χ1) is 17.6. The number of aromatic amines is 1. The van der Waals surface area contributed by atoms with Gasteiger partial charge >= 0.3 is 0 Å². The van der Waals surface area contributed by atoms with Crippen LogP contribution >= 0.6 is 11.8 Å². The number of aromatic nitrogens is 5. The summed E-state index contributed by atoms with van der Waals surface area (Å²) in [6.07, 6.45) is 0. The van der Waals surface area contributed by atoms with Crippen LogP contribution in [0.3, 0.4) is 0 Å². The number of aliphatic hydroxyl groups excluding tert-OH is 1. The minimum Gasteiger partial charge on any atom is -0.510 e. The molecule has 0 unspecified atom stereocenters. The Morgan fingerprint density at radius 1 is 1.06 bits per heavy atom. The number of aliphatic hydroxyl groups is 1. The van der Waals surface area contributed by atoms with E-state index in [0.29, 0.717) is 16.8 Å². The summed E-state index contributed by atoms with van der Waals surface area (Å²) in [5.74, 6) is 1.76. The lowest BCUT2D eigenvalue weighted by Crippen LogP contribution is -2.01. The fourth-order valence-corrected chi connectivity index (χ4v) is 4.58. The number of nitrogens with zero attached hydrogens (tertiary/aromatic N) is 5. The Hall–Kier alpha value is -4.55. The number of allylic oxidation sites excluding steroid dienone is 1. The average Bonchev–Trinajstić information content (AvgIpc) is 3.53. The number of H-pyrrole nitrogens is 1. The number of aryl methyl sites for hydroxylation is 1. The molecule has 0 aliphatic heterocycles. The van der Waals surface area contributed by atoms with Crippen LogP contribution in [0.4, 0.5) is 0 Å². The monoisotopic (exact) mass is 494 g/mol. The number of fused-ring (bicyclic) bond motifs is 1. The second-order valence-corrected chi connectivity index (χ2v) is 8.97. The first-order valence-electron chi connectivity index (χ1n) is 11.1. The molecule has 5 rings (SSSR count). The molecule has 0 aliphatic rings. The molecule has 3 aromatic carbocycles. The van der Waals surface area contributed by atoms with Crippen molar-refractivity contribution in [3.63, 3.8) is 0 Å². The third-order valence-corrected chi connectivity index (χ3v) is 6.58. The van der Waals surface area contributed by atoms with E-state index < -0.39 is 0 Å². The quantitative estimate of drug-likeness (QED) is 0.169. The average molecular weight is 495 g/mol. The lowest BCUT2D eigenvalue weighted by atomic mass is 10.2. The molecule has 2 N–H and O–H groups in total. The van der Waals surface area contributed by atoms with E-state index in [0.717, 1.165) is 33.6 Å². The molecule has 8 nitrogen and oxygen atoms in total. The van der Waals surface area contributed by atoms with Crippen molar-refractivity contribution in [1.82, 2.24) is 24.7 Å². The molecule has 0 saturated carbocycles. The van der Waals surface area contributed by atoms with Crippen molar-refractivity contribution < 1.29 is 9.84 Å². The van der Waals surface area contributed by atoms with Gasteiger partial charge in [0.2, 0.25) is 0 Å². The normalized spacial score (nSPS) is 11.8. The Morgan fingerprint density at radius 3 is 2.50 bits per heavy atom. The first-order valence-corrected chi connectivity index (χ1v) is 12.1. The van der Waals surface area contributed by atoms with Gasteiger partial charge in [0.15, 0.2) is 16.8 Å². The zero-order valence-electron chi connectivity index (χ0n) is 19.6. The van der Waals surface area contributed by atoms with Crippen LogP contribution < -0.4 is 4.74 Å². The Kier molecular flexibility index (Phi) is 6.43. The lowest BCUT2D eigenvalue weighted by Gasteiger charge is -2.11. The van der Waals surface area contributed by atoms with Crippen molar-refractivity contribution in [2.75, 3.05) is 12.9 Å².